The van der Waals surface area contributed by atoms with Crippen molar-refractivity contribution in [1.29, 1.82) is 0 Å². The molecule has 0 aromatic rings. The normalized spacial score (nSPS) is 13.6. The van der Waals surface area contributed by atoms with E-state index in [4.69, 9.17) is 9.47 Å². The maximum absolute atomic E-state index is 11.5. The Morgan fingerprint density at radius 1 is 1.44 bits per heavy atom. The molecule has 0 bridgehead atoms. The van der Waals surface area contributed by atoms with E-state index in [0.29, 0.717) is 26.0 Å². The Morgan fingerprint density at radius 3 is 2.56 bits per heavy atom. The van der Waals surface area contributed by atoms with Gasteiger partial charge in [0.1, 0.15) is 0 Å². The molecule has 1 amide bonds. The van der Waals surface area contributed by atoms with Crippen LogP contribution in [0, 0.1) is 0 Å². The van der Waals surface area contributed by atoms with Crippen LogP contribution in [0.25, 0.3) is 0 Å². The topological polar surface area (TPSA) is 67.8 Å². The Kier molecular flexibility index (Phi) is 7.29. The SMILES string of the molecule is COCC(O)CCNC(=O)CC(C)(C)OC. The van der Waals surface area contributed by atoms with E-state index in [1.54, 1.807) is 7.11 Å². The molecule has 0 radical (unpaired) electrons. The van der Waals surface area contributed by atoms with Crippen LogP contribution in [-0.4, -0.2) is 50.1 Å². The molecule has 0 heterocycles. The zero-order valence-electron chi connectivity index (χ0n) is 10.6. The molecular formula is C11H23NO4. The molecule has 5 nitrogen and oxygen atoms in total. The van der Waals surface area contributed by atoms with Crippen molar-refractivity contribution in [3.8, 4) is 0 Å². The number of rotatable bonds is 8. The lowest BCUT2D eigenvalue weighted by molar-refractivity contribution is -0.126. The third kappa shape index (κ3) is 7.62. The minimum absolute atomic E-state index is 0.0727. The first-order valence-electron chi connectivity index (χ1n) is 5.40. The molecule has 0 aliphatic rings. The maximum atomic E-state index is 11.5. The lowest BCUT2D eigenvalue weighted by atomic mass is 10.0. The van der Waals surface area contributed by atoms with E-state index < -0.39 is 11.7 Å². The van der Waals surface area contributed by atoms with Crippen LogP contribution in [0.5, 0.6) is 0 Å². The van der Waals surface area contributed by atoms with Gasteiger partial charge < -0.3 is 19.9 Å². The summed E-state index contributed by atoms with van der Waals surface area (Å²) in [6.07, 6.45) is 0.275. The summed E-state index contributed by atoms with van der Waals surface area (Å²) in [5.74, 6) is -0.0727. The largest absolute Gasteiger partial charge is 0.391 e. The number of amides is 1. The highest BCUT2D eigenvalue weighted by Crippen LogP contribution is 2.12. The monoisotopic (exact) mass is 233 g/mol. The van der Waals surface area contributed by atoms with Gasteiger partial charge in [0.2, 0.25) is 5.91 Å². The molecule has 96 valence electrons. The van der Waals surface area contributed by atoms with Gasteiger partial charge in [-0.2, -0.15) is 0 Å². The highest BCUT2D eigenvalue weighted by molar-refractivity contribution is 5.76. The Labute approximate surface area is 97.1 Å². The number of aliphatic hydroxyl groups excluding tert-OH is 1. The zero-order chi connectivity index (χ0) is 12.6. The molecule has 0 aromatic carbocycles. The van der Waals surface area contributed by atoms with Gasteiger partial charge in [0, 0.05) is 20.8 Å². The molecule has 0 rings (SSSR count). The van der Waals surface area contributed by atoms with Crippen molar-refractivity contribution in [2.45, 2.75) is 38.4 Å². The molecule has 0 saturated heterocycles. The molecule has 5 heteroatoms. The molecule has 1 unspecified atom stereocenters. The fourth-order valence-electron chi connectivity index (χ4n) is 1.18. The van der Waals surface area contributed by atoms with Crippen LogP contribution in [0.1, 0.15) is 26.7 Å². The van der Waals surface area contributed by atoms with E-state index in [-0.39, 0.29) is 5.91 Å². The summed E-state index contributed by atoms with van der Waals surface area (Å²) in [6, 6.07) is 0. The maximum Gasteiger partial charge on any atom is 0.222 e. The van der Waals surface area contributed by atoms with Gasteiger partial charge in [-0.3, -0.25) is 4.79 Å². The second-order valence-corrected chi connectivity index (χ2v) is 4.39. The highest BCUT2D eigenvalue weighted by atomic mass is 16.5. The third-order valence-corrected chi connectivity index (χ3v) is 2.30. The van der Waals surface area contributed by atoms with E-state index in [1.165, 1.54) is 7.11 Å². The van der Waals surface area contributed by atoms with Gasteiger partial charge in [-0.25, -0.2) is 0 Å². The molecule has 2 N–H and O–H groups in total. The average molecular weight is 233 g/mol. The predicted molar refractivity (Wildman–Crippen MR) is 61.2 cm³/mol. The van der Waals surface area contributed by atoms with Crippen LogP contribution >= 0.6 is 0 Å². The van der Waals surface area contributed by atoms with Crippen LogP contribution in [-0.2, 0) is 14.3 Å². The van der Waals surface area contributed by atoms with Crippen LogP contribution in [0.3, 0.4) is 0 Å². The fourth-order valence-corrected chi connectivity index (χ4v) is 1.18. The average Bonchev–Trinajstić information content (AvgIpc) is 2.17. The Hall–Kier alpha value is -0.650. The standard InChI is InChI=1S/C11H23NO4/c1-11(2,16-4)7-10(14)12-6-5-9(13)8-15-3/h9,13H,5-8H2,1-4H3,(H,12,14). The third-order valence-electron chi connectivity index (χ3n) is 2.30. The van der Waals surface area contributed by atoms with Gasteiger partial charge in [0.05, 0.1) is 24.7 Å². The first-order chi connectivity index (χ1) is 7.41. The van der Waals surface area contributed by atoms with E-state index >= 15 is 0 Å². The number of nitrogens with one attached hydrogen (secondary N) is 1. The Morgan fingerprint density at radius 2 is 2.06 bits per heavy atom. The summed E-state index contributed by atoms with van der Waals surface area (Å²) in [4.78, 5) is 11.5. The molecule has 0 fully saturated rings. The van der Waals surface area contributed by atoms with Gasteiger partial charge >= 0.3 is 0 Å². The molecule has 0 aromatic heterocycles. The summed E-state index contributed by atoms with van der Waals surface area (Å²) < 4.78 is 9.92. The molecule has 16 heavy (non-hydrogen) atoms. The summed E-state index contributed by atoms with van der Waals surface area (Å²) in [5, 5.41) is 12.1. The number of hydrogen-bond acceptors (Lipinski definition) is 4. The van der Waals surface area contributed by atoms with Crippen molar-refractivity contribution in [3.05, 3.63) is 0 Å². The van der Waals surface area contributed by atoms with E-state index in [1.807, 2.05) is 13.8 Å². The number of carbonyl (C=O) groups is 1. The number of methoxy groups -OCH3 is 2. The Balaban J connectivity index is 3.66. The Bertz CT molecular complexity index is 206. The van der Waals surface area contributed by atoms with E-state index in [2.05, 4.69) is 5.32 Å². The minimum atomic E-state index is -0.527. The lowest BCUT2D eigenvalue weighted by Crippen LogP contribution is -2.35. The van der Waals surface area contributed by atoms with Crippen LogP contribution in [0.15, 0.2) is 0 Å². The quantitative estimate of drug-likeness (QED) is 0.633. The summed E-state index contributed by atoms with van der Waals surface area (Å²) >= 11 is 0. The van der Waals surface area contributed by atoms with Crippen molar-refractivity contribution >= 4 is 5.91 Å². The number of hydrogen-bond donors (Lipinski definition) is 2. The van der Waals surface area contributed by atoms with E-state index in [0.717, 1.165) is 0 Å². The van der Waals surface area contributed by atoms with Gasteiger partial charge in [-0.05, 0) is 20.3 Å². The zero-order valence-corrected chi connectivity index (χ0v) is 10.6. The second kappa shape index (κ2) is 7.60. The fraction of sp³-hybridized carbons (Fsp3) is 0.909. The molecule has 0 aliphatic carbocycles. The number of aliphatic hydroxyl groups is 1. The lowest BCUT2D eigenvalue weighted by Gasteiger charge is -2.22. The van der Waals surface area contributed by atoms with E-state index in [9.17, 15) is 9.90 Å². The van der Waals surface area contributed by atoms with Crippen molar-refractivity contribution in [2.75, 3.05) is 27.4 Å². The van der Waals surface area contributed by atoms with Crippen molar-refractivity contribution in [2.24, 2.45) is 0 Å². The first kappa shape index (κ1) is 15.3. The summed E-state index contributed by atoms with van der Waals surface area (Å²) in [5.41, 5.74) is -0.449. The van der Waals surface area contributed by atoms with Crippen LogP contribution in [0.2, 0.25) is 0 Å². The molecule has 0 aliphatic heterocycles. The van der Waals surface area contributed by atoms with Crippen LogP contribution in [0.4, 0.5) is 0 Å². The summed E-state index contributed by atoms with van der Waals surface area (Å²) in [6.45, 7) is 4.45. The predicted octanol–water partition coefficient (Wildman–Crippen LogP) is 0.315. The van der Waals surface area contributed by atoms with Crippen LogP contribution < -0.4 is 5.32 Å². The first-order valence-corrected chi connectivity index (χ1v) is 5.40. The number of carbonyl (C=O) groups excluding carboxylic acids is 1. The molecule has 1 atom stereocenters. The highest BCUT2D eigenvalue weighted by Gasteiger charge is 2.20. The minimum Gasteiger partial charge on any atom is -0.391 e. The molecular weight excluding hydrogens is 210 g/mol. The molecule has 0 saturated carbocycles. The van der Waals surface area contributed by atoms with Gasteiger partial charge in [0.15, 0.2) is 0 Å². The van der Waals surface area contributed by atoms with Gasteiger partial charge in [0.25, 0.3) is 0 Å². The van der Waals surface area contributed by atoms with Gasteiger partial charge in [-0.1, -0.05) is 0 Å². The van der Waals surface area contributed by atoms with Crippen molar-refractivity contribution in [1.82, 2.24) is 5.32 Å². The second-order valence-electron chi connectivity index (χ2n) is 4.39. The molecule has 0 spiro atoms. The van der Waals surface area contributed by atoms with Crippen molar-refractivity contribution in [3.63, 3.8) is 0 Å². The van der Waals surface area contributed by atoms with Crippen molar-refractivity contribution < 1.29 is 19.4 Å². The summed E-state index contributed by atoms with van der Waals surface area (Å²) in [7, 11) is 3.11. The number of ether oxygens (including phenoxy) is 2. The van der Waals surface area contributed by atoms with Gasteiger partial charge in [-0.15, -0.1) is 0 Å². The smallest absolute Gasteiger partial charge is 0.222 e.